The van der Waals surface area contributed by atoms with E-state index in [2.05, 4.69) is 17.2 Å². The topological polar surface area (TPSA) is 245 Å². The SMILES string of the molecule is C=CS(=O)(=O)CCOCCOCCS(=O)(=O)CCN1[C@@H]2CC[C@@H](C2)[C@H]1C(=O)N[C@H](C(=O)N(C)[C@@H]([C@@H](C)CC)[C@@H](CC(=O)N1CCC[C@H]1[C@H](OC)[C@@H](C)C(=O)N[C@@H](Cc1ccccc1)C(=O)O)OC)C(C)C. The molecule has 1 aromatic carbocycles. The maximum absolute atomic E-state index is 14.7. The Balaban J connectivity index is 1.39. The molecule has 4 amide bonds. The third-order valence-corrected chi connectivity index (χ3v) is 17.5. The number of hydrogen-bond donors (Lipinski definition) is 3. The first-order valence-electron chi connectivity index (χ1n) is 25.1. The Morgan fingerprint density at radius 3 is 2.15 bits per heavy atom. The number of hydrogen-bond acceptors (Lipinski definition) is 14. The van der Waals surface area contributed by atoms with Gasteiger partial charge < -0.3 is 44.5 Å². The normalized spacial score (nSPS) is 22.3. The quantitative estimate of drug-likeness (QED) is 0.0879. The minimum atomic E-state index is -3.56. The van der Waals surface area contributed by atoms with Crippen molar-refractivity contribution >= 4 is 49.3 Å². The molecule has 1 saturated carbocycles. The first kappa shape index (κ1) is 59.6. The van der Waals surface area contributed by atoms with Crippen LogP contribution in [0.4, 0.5) is 0 Å². The van der Waals surface area contributed by atoms with Crippen LogP contribution >= 0.6 is 0 Å². The van der Waals surface area contributed by atoms with Crippen molar-refractivity contribution in [2.45, 2.75) is 134 Å². The fraction of sp³-hybridized carbons (Fsp3) is 0.740. The van der Waals surface area contributed by atoms with Gasteiger partial charge in [-0.2, -0.15) is 0 Å². The van der Waals surface area contributed by atoms with Gasteiger partial charge >= 0.3 is 5.97 Å². The van der Waals surface area contributed by atoms with Crippen molar-refractivity contribution in [1.29, 1.82) is 0 Å². The summed E-state index contributed by atoms with van der Waals surface area (Å²) in [6.45, 7) is 13.3. The van der Waals surface area contributed by atoms with Gasteiger partial charge in [0.2, 0.25) is 23.6 Å². The van der Waals surface area contributed by atoms with E-state index in [1.54, 1.807) is 48.0 Å². The molecule has 0 unspecified atom stereocenters. The van der Waals surface area contributed by atoms with Gasteiger partial charge in [0.1, 0.15) is 12.1 Å². The molecule has 4 rings (SSSR count). The van der Waals surface area contributed by atoms with Gasteiger partial charge in [0.25, 0.3) is 0 Å². The Morgan fingerprint density at radius 2 is 1.56 bits per heavy atom. The van der Waals surface area contributed by atoms with Crippen LogP contribution in [0.3, 0.4) is 0 Å². The molecule has 3 aliphatic rings. The molecular weight excluding hydrogens is 959 g/mol. The lowest BCUT2D eigenvalue weighted by molar-refractivity contribution is -0.148. The maximum Gasteiger partial charge on any atom is 0.326 e. The first-order valence-corrected chi connectivity index (χ1v) is 28.6. The van der Waals surface area contributed by atoms with Gasteiger partial charge in [0.15, 0.2) is 19.7 Å². The highest BCUT2D eigenvalue weighted by atomic mass is 32.2. The third-order valence-electron chi connectivity index (χ3n) is 14.7. The number of likely N-dealkylation sites (tertiary alicyclic amines) is 2. The van der Waals surface area contributed by atoms with Crippen LogP contribution in [0, 0.1) is 23.7 Å². The summed E-state index contributed by atoms with van der Waals surface area (Å²) in [6, 6.07) is 5.29. The summed E-state index contributed by atoms with van der Waals surface area (Å²) < 4.78 is 71.9. The molecule has 2 aliphatic heterocycles. The number of aliphatic carboxylic acids is 1. The maximum atomic E-state index is 14.7. The van der Waals surface area contributed by atoms with Crippen molar-refractivity contribution < 1.29 is 64.9 Å². The number of carboxylic acids is 1. The van der Waals surface area contributed by atoms with Gasteiger partial charge in [-0.25, -0.2) is 21.6 Å². The third kappa shape index (κ3) is 16.8. The number of piperidine rings is 1. The summed E-state index contributed by atoms with van der Waals surface area (Å²) in [5, 5.41) is 16.6. The second-order valence-electron chi connectivity index (χ2n) is 19.7. The summed E-state index contributed by atoms with van der Waals surface area (Å²) in [5.74, 6) is -4.45. The number of methoxy groups -OCH3 is 2. The van der Waals surface area contributed by atoms with Crippen molar-refractivity contribution in [2.24, 2.45) is 23.7 Å². The Bertz CT molecular complexity index is 2150. The highest BCUT2D eigenvalue weighted by Gasteiger charge is 2.50. The predicted octanol–water partition coefficient (Wildman–Crippen LogP) is 2.72. The fourth-order valence-corrected chi connectivity index (χ4v) is 12.1. The Kier molecular flexibility index (Phi) is 23.4. The zero-order chi connectivity index (χ0) is 52.6. The standard InChI is InChI=1S/C50H81N5O14S2/c1-10-34(5)44(41(66-8)32-42(56)55-21-15-18-40(55)46(67-9)35(6)47(57)51-39(50(60)61)30-36-16-13-12-14-17-36)53(7)49(59)43(33(3)4)52-48(58)45-37-19-20-38(31-37)54(45)22-27-71(64,65)29-26-69-24-23-68-25-28-70(62,63)11-2/h11-14,16-17,33-35,37-41,43-46H,2,10,15,18-32H2,1,3-9H3,(H,51,57)(H,52,58)(H,60,61)/t34-,35+,37-,38+,39-,40-,41+,43-,44-,45-,46+/m0/s1. The van der Waals surface area contributed by atoms with E-state index in [4.69, 9.17) is 18.9 Å². The van der Waals surface area contributed by atoms with Crippen LogP contribution < -0.4 is 10.6 Å². The van der Waals surface area contributed by atoms with Crippen LogP contribution in [-0.2, 0) is 69.0 Å². The smallest absolute Gasteiger partial charge is 0.326 e. The number of benzene rings is 1. The van der Waals surface area contributed by atoms with Crippen molar-refractivity contribution in [3.63, 3.8) is 0 Å². The first-order chi connectivity index (χ1) is 33.6. The van der Waals surface area contributed by atoms with Crippen molar-refractivity contribution in [3.8, 4) is 0 Å². The number of likely N-dealkylation sites (N-methyl/N-ethyl adjacent to an activating group) is 1. The molecule has 1 aromatic rings. The predicted molar refractivity (Wildman–Crippen MR) is 269 cm³/mol. The van der Waals surface area contributed by atoms with E-state index in [-0.39, 0.29) is 105 Å². The number of fused-ring (bicyclic) bond motifs is 2. The molecule has 2 saturated heterocycles. The molecule has 19 nitrogen and oxygen atoms in total. The van der Waals surface area contributed by atoms with Gasteiger partial charge in [-0.05, 0) is 55.4 Å². The van der Waals surface area contributed by atoms with E-state index < -0.39 is 79.9 Å². The van der Waals surface area contributed by atoms with Crippen LogP contribution in [0.2, 0.25) is 0 Å². The molecule has 0 aromatic heterocycles. The van der Waals surface area contributed by atoms with Crippen molar-refractivity contribution in [2.75, 3.05) is 78.0 Å². The van der Waals surface area contributed by atoms with E-state index in [1.165, 1.54) is 14.2 Å². The molecule has 3 N–H and O–H groups in total. The lowest BCUT2D eigenvalue weighted by Crippen LogP contribution is -2.60. The Morgan fingerprint density at radius 1 is 0.901 bits per heavy atom. The Labute approximate surface area is 421 Å². The second kappa shape index (κ2) is 27.9. The molecule has 0 radical (unpaired) electrons. The molecule has 1 aliphatic carbocycles. The van der Waals surface area contributed by atoms with Gasteiger partial charge in [-0.3, -0.25) is 24.1 Å². The van der Waals surface area contributed by atoms with Crippen LogP contribution in [0.25, 0.3) is 0 Å². The molecule has 11 atom stereocenters. The number of nitrogens with zero attached hydrogens (tertiary/aromatic N) is 3. The number of nitrogens with one attached hydrogen (secondary N) is 2. The van der Waals surface area contributed by atoms with Crippen LogP contribution in [0.5, 0.6) is 0 Å². The van der Waals surface area contributed by atoms with Gasteiger partial charge in [0, 0.05) is 52.2 Å². The number of sulfone groups is 2. The van der Waals surface area contributed by atoms with Gasteiger partial charge in [0.05, 0.1) is 86.4 Å². The van der Waals surface area contributed by atoms with Gasteiger partial charge in [-0.15, -0.1) is 0 Å². The number of carbonyl (C=O) groups excluding carboxylic acids is 4. The lowest BCUT2D eigenvalue weighted by atomic mass is 9.89. The van der Waals surface area contributed by atoms with Crippen LogP contribution in [-0.4, -0.2) is 193 Å². The monoisotopic (exact) mass is 1040 g/mol. The summed E-state index contributed by atoms with van der Waals surface area (Å²) in [4.78, 5) is 74.5. The summed E-state index contributed by atoms with van der Waals surface area (Å²) in [7, 11) is -2.29. The molecule has 2 heterocycles. The molecule has 2 bridgehead atoms. The average Bonchev–Trinajstić information content (AvgIpc) is 4.11. The summed E-state index contributed by atoms with van der Waals surface area (Å²) in [5.41, 5.74) is 0.760. The molecular formula is C50H81N5O14S2. The molecule has 402 valence electrons. The van der Waals surface area contributed by atoms with Crippen LogP contribution in [0.15, 0.2) is 42.3 Å². The minimum absolute atomic E-state index is 0.00989. The van der Waals surface area contributed by atoms with Crippen LogP contribution in [0.1, 0.15) is 85.1 Å². The van der Waals surface area contributed by atoms with Gasteiger partial charge in [-0.1, -0.05) is 78.0 Å². The largest absolute Gasteiger partial charge is 0.480 e. The van der Waals surface area contributed by atoms with E-state index in [0.717, 1.165) is 30.2 Å². The number of carboxylic acid groups (broad SMARTS) is 1. The fourth-order valence-electron chi connectivity index (χ4n) is 10.5. The second-order valence-corrected chi connectivity index (χ2v) is 24.1. The average molecular weight is 1040 g/mol. The van der Waals surface area contributed by atoms with E-state index in [9.17, 15) is 45.9 Å². The lowest BCUT2D eigenvalue weighted by Gasteiger charge is -2.41. The molecule has 21 heteroatoms. The number of amides is 4. The minimum Gasteiger partial charge on any atom is -0.480 e. The number of rotatable bonds is 32. The summed E-state index contributed by atoms with van der Waals surface area (Å²) >= 11 is 0. The molecule has 71 heavy (non-hydrogen) atoms. The highest BCUT2D eigenvalue weighted by Crippen LogP contribution is 2.42. The molecule has 0 spiro atoms. The number of carbonyl (C=O) groups is 5. The summed E-state index contributed by atoms with van der Waals surface area (Å²) in [6.07, 6.45) is 2.82. The van der Waals surface area contributed by atoms with Crippen molar-refractivity contribution in [3.05, 3.63) is 47.9 Å². The molecule has 3 fully saturated rings. The zero-order valence-electron chi connectivity index (χ0n) is 43.0. The Hall–Kier alpha value is -3.99. The highest BCUT2D eigenvalue weighted by molar-refractivity contribution is 7.94. The van der Waals surface area contributed by atoms with E-state index in [1.807, 2.05) is 38.7 Å². The number of ether oxygens (including phenoxy) is 4. The zero-order valence-corrected chi connectivity index (χ0v) is 44.7. The van der Waals surface area contributed by atoms with Crippen molar-refractivity contribution in [1.82, 2.24) is 25.3 Å². The van der Waals surface area contributed by atoms with E-state index >= 15 is 0 Å². The van der Waals surface area contributed by atoms with E-state index in [0.29, 0.717) is 25.8 Å².